The molecule has 0 aromatic rings. The lowest BCUT2D eigenvalue weighted by molar-refractivity contribution is 0.201. The van der Waals surface area contributed by atoms with E-state index in [1.807, 2.05) is 6.92 Å². The van der Waals surface area contributed by atoms with Gasteiger partial charge in [0.05, 0.1) is 6.10 Å². The van der Waals surface area contributed by atoms with E-state index in [4.69, 9.17) is 17.0 Å². The zero-order valence-corrected chi connectivity index (χ0v) is 6.54. The van der Waals surface area contributed by atoms with E-state index in [0.29, 0.717) is 11.2 Å². The minimum absolute atomic E-state index is 0.447. The van der Waals surface area contributed by atoms with Gasteiger partial charge in [-0.3, -0.25) is 0 Å². The van der Waals surface area contributed by atoms with E-state index >= 15 is 0 Å². The third kappa shape index (κ3) is 2.31. The Hall–Kier alpha value is -0.110. The molecule has 2 heteroatoms. The molecule has 0 unspecified atom stereocenters. The van der Waals surface area contributed by atoms with Crippen LogP contribution in [0.25, 0.3) is 0 Å². The molecule has 0 atom stereocenters. The highest BCUT2D eigenvalue weighted by Crippen LogP contribution is 2.20. The highest BCUT2D eigenvalue weighted by atomic mass is 32.1. The summed E-state index contributed by atoms with van der Waals surface area (Å²) in [6, 6.07) is 0. The lowest BCUT2D eigenvalue weighted by Crippen LogP contribution is -2.09. The Morgan fingerprint density at radius 3 is 2.44 bits per heavy atom. The third-order valence-corrected chi connectivity index (χ3v) is 1.73. The Bertz CT molecular complexity index is 105. The van der Waals surface area contributed by atoms with E-state index in [2.05, 4.69) is 0 Å². The van der Waals surface area contributed by atoms with Crippen LogP contribution in [0.4, 0.5) is 0 Å². The van der Waals surface area contributed by atoms with Crippen LogP contribution in [0.1, 0.15) is 32.6 Å². The van der Waals surface area contributed by atoms with Crippen LogP contribution in [-0.2, 0) is 4.74 Å². The molecule has 0 spiro atoms. The van der Waals surface area contributed by atoms with Crippen LogP contribution in [0.5, 0.6) is 0 Å². The zero-order valence-electron chi connectivity index (χ0n) is 5.72. The SMILES string of the molecule is CC(=S)OC1CCCC1. The first kappa shape index (κ1) is 7.00. The standard InChI is InChI=1S/C7H12OS/c1-6(9)8-7-4-2-3-5-7/h7H,2-5H2,1H3. The highest BCUT2D eigenvalue weighted by molar-refractivity contribution is 7.80. The Morgan fingerprint density at radius 1 is 1.44 bits per heavy atom. The van der Waals surface area contributed by atoms with Crippen molar-refractivity contribution < 1.29 is 4.74 Å². The number of thiocarbonyl (C=S) groups is 1. The van der Waals surface area contributed by atoms with E-state index < -0.39 is 0 Å². The molecule has 1 aliphatic carbocycles. The fourth-order valence-electron chi connectivity index (χ4n) is 1.24. The molecule has 1 rings (SSSR count). The Balaban J connectivity index is 2.19. The Kier molecular flexibility index (Phi) is 2.46. The molecule has 1 nitrogen and oxygen atoms in total. The fraction of sp³-hybridized carbons (Fsp3) is 0.857. The first-order valence-electron chi connectivity index (χ1n) is 3.46. The first-order valence-corrected chi connectivity index (χ1v) is 3.87. The molecule has 9 heavy (non-hydrogen) atoms. The van der Waals surface area contributed by atoms with Gasteiger partial charge < -0.3 is 4.74 Å². The van der Waals surface area contributed by atoms with Crippen molar-refractivity contribution in [3.63, 3.8) is 0 Å². The van der Waals surface area contributed by atoms with E-state index in [-0.39, 0.29) is 0 Å². The van der Waals surface area contributed by atoms with Crippen molar-refractivity contribution in [2.45, 2.75) is 38.7 Å². The topological polar surface area (TPSA) is 9.23 Å². The summed E-state index contributed by atoms with van der Waals surface area (Å²) in [6.45, 7) is 1.84. The molecule has 0 saturated heterocycles. The van der Waals surface area contributed by atoms with Crippen LogP contribution in [0.2, 0.25) is 0 Å². The largest absolute Gasteiger partial charge is 0.484 e. The van der Waals surface area contributed by atoms with Gasteiger partial charge in [-0.25, -0.2) is 0 Å². The lowest BCUT2D eigenvalue weighted by Gasteiger charge is -2.09. The van der Waals surface area contributed by atoms with Crippen molar-refractivity contribution in [3.8, 4) is 0 Å². The summed E-state index contributed by atoms with van der Waals surface area (Å²) in [7, 11) is 0. The summed E-state index contributed by atoms with van der Waals surface area (Å²) in [6.07, 6.45) is 5.48. The lowest BCUT2D eigenvalue weighted by atomic mass is 10.3. The first-order chi connectivity index (χ1) is 4.29. The van der Waals surface area contributed by atoms with Crippen molar-refractivity contribution >= 4 is 17.3 Å². The smallest absolute Gasteiger partial charge is 0.157 e. The van der Waals surface area contributed by atoms with Crippen molar-refractivity contribution in [2.24, 2.45) is 0 Å². The Labute approximate surface area is 61.4 Å². The summed E-state index contributed by atoms with van der Waals surface area (Å²) in [4.78, 5) is 0. The molecule has 0 aliphatic heterocycles. The minimum Gasteiger partial charge on any atom is -0.484 e. The number of hydrogen-bond acceptors (Lipinski definition) is 2. The number of rotatable bonds is 1. The molecule has 0 heterocycles. The molecule has 0 aromatic heterocycles. The van der Waals surface area contributed by atoms with Gasteiger partial charge in [0.25, 0.3) is 0 Å². The maximum absolute atomic E-state index is 5.34. The van der Waals surface area contributed by atoms with Crippen molar-refractivity contribution in [2.75, 3.05) is 0 Å². The van der Waals surface area contributed by atoms with Gasteiger partial charge in [-0.1, -0.05) is 0 Å². The van der Waals surface area contributed by atoms with Crippen LogP contribution in [0, 0.1) is 0 Å². The molecule has 0 bridgehead atoms. The number of ether oxygens (including phenoxy) is 1. The van der Waals surface area contributed by atoms with Gasteiger partial charge in [0.2, 0.25) is 0 Å². The van der Waals surface area contributed by atoms with E-state index in [1.165, 1.54) is 25.7 Å². The second kappa shape index (κ2) is 3.16. The van der Waals surface area contributed by atoms with Crippen molar-refractivity contribution in [1.29, 1.82) is 0 Å². The summed E-state index contributed by atoms with van der Waals surface area (Å²) in [5, 5.41) is 0.696. The molecule has 0 amide bonds. The molecule has 0 aromatic carbocycles. The molecule has 1 aliphatic rings. The van der Waals surface area contributed by atoms with Gasteiger partial charge in [-0.15, -0.1) is 0 Å². The van der Waals surface area contributed by atoms with Crippen molar-refractivity contribution in [1.82, 2.24) is 0 Å². The minimum atomic E-state index is 0.447. The summed E-state index contributed by atoms with van der Waals surface area (Å²) < 4.78 is 5.34. The maximum Gasteiger partial charge on any atom is 0.157 e. The average molecular weight is 144 g/mol. The second-order valence-electron chi connectivity index (χ2n) is 2.52. The summed E-state index contributed by atoms with van der Waals surface area (Å²) in [5.41, 5.74) is 0. The van der Waals surface area contributed by atoms with Crippen LogP contribution >= 0.6 is 12.2 Å². The van der Waals surface area contributed by atoms with Crippen LogP contribution < -0.4 is 0 Å². The van der Waals surface area contributed by atoms with Gasteiger partial charge in [0.15, 0.2) is 5.05 Å². The van der Waals surface area contributed by atoms with Crippen LogP contribution in [0.3, 0.4) is 0 Å². The zero-order chi connectivity index (χ0) is 6.69. The fourth-order valence-corrected chi connectivity index (χ4v) is 1.38. The summed E-state index contributed by atoms with van der Waals surface area (Å²) >= 11 is 4.81. The monoisotopic (exact) mass is 144 g/mol. The van der Waals surface area contributed by atoms with Crippen LogP contribution in [0.15, 0.2) is 0 Å². The Morgan fingerprint density at radius 2 is 2.00 bits per heavy atom. The van der Waals surface area contributed by atoms with E-state index in [1.54, 1.807) is 0 Å². The average Bonchev–Trinajstić information content (AvgIpc) is 2.15. The van der Waals surface area contributed by atoms with Gasteiger partial charge >= 0.3 is 0 Å². The molecule has 1 fully saturated rings. The van der Waals surface area contributed by atoms with Gasteiger partial charge in [-0.05, 0) is 37.9 Å². The van der Waals surface area contributed by atoms with Gasteiger partial charge in [0, 0.05) is 6.92 Å². The summed E-state index contributed by atoms with van der Waals surface area (Å²) in [5.74, 6) is 0. The van der Waals surface area contributed by atoms with E-state index in [0.717, 1.165) is 0 Å². The predicted octanol–water partition coefficient (Wildman–Crippen LogP) is 2.29. The second-order valence-corrected chi connectivity index (χ2v) is 3.09. The van der Waals surface area contributed by atoms with Gasteiger partial charge in [0.1, 0.15) is 0 Å². The molecule has 52 valence electrons. The quantitative estimate of drug-likeness (QED) is 0.522. The van der Waals surface area contributed by atoms with E-state index in [9.17, 15) is 0 Å². The highest BCUT2D eigenvalue weighted by Gasteiger charge is 2.15. The van der Waals surface area contributed by atoms with Crippen LogP contribution in [-0.4, -0.2) is 11.2 Å². The number of hydrogen-bond donors (Lipinski definition) is 0. The van der Waals surface area contributed by atoms with Crippen molar-refractivity contribution in [3.05, 3.63) is 0 Å². The predicted molar refractivity (Wildman–Crippen MR) is 41.6 cm³/mol. The molecule has 1 saturated carbocycles. The normalized spacial score (nSPS) is 20.1. The van der Waals surface area contributed by atoms with Gasteiger partial charge in [-0.2, -0.15) is 0 Å². The maximum atomic E-state index is 5.34. The third-order valence-electron chi connectivity index (χ3n) is 1.63. The molecule has 0 radical (unpaired) electrons. The molecular formula is C7H12OS. The molecular weight excluding hydrogens is 132 g/mol. The molecule has 0 N–H and O–H groups in total.